The summed E-state index contributed by atoms with van der Waals surface area (Å²) in [7, 11) is 0. The first-order chi connectivity index (χ1) is 10.5. The van der Waals surface area contributed by atoms with Crippen molar-refractivity contribution < 1.29 is 14.3 Å². The fraction of sp³-hybridized carbons (Fsp3) is 0.200. The molecule has 0 radical (unpaired) electrons. The van der Waals surface area contributed by atoms with E-state index in [1.807, 2.05) is 6.07 Å². The lowest BCUT2D eigenvalue weighted by atomic mass is 10.2. The minimum absolute atomic E-state index is 0.0754. The van der Waals surface area contributed by atoms with Crippen LogP contribution in [0, 0.1) is 0 Å². The van der Waals surface area contributed by atoms with E-state index in [0.717, 1.165) is 12.1 Å². The quantitative estimate of drug-likeness (QED) is 0.686. The molecule has 1 aliphatic rings. The lowest BCUT2D eigenvalue weighted by Gasteiger charge is -2.16. The second-order valence-corrected chi connectivity index (χ2v) is 5.67. The van der Waals surface area contributed by atoms with E-state index in [2.05, 4.69) is 4.98 Å². The van der Waals surface area contributed by atoms with E-state index in [1.165, 1.54) is 6.07 Å². The van der Waals surface area contributed by atoms with E-state index >= 15 is 0 Å². The van der Waals surface area contributed by atoms with Gasteiger partial charge in [0, 0.05) is 24.7 Å². The smallest absolute Gasteiger partial charge is 0.360 e. The molecule has 114 valence electrons. The van der Waals surface area contributed by atoms with Gasteiger partial charge in [-0.15, -0.1) is 0 Å². The van der Waals surface area contributed by atoms with E-state index in [0.29, 0.717) is 18.7 Å². The van der Waals surface area contributed by atoms with Gasteiger partial charge in [-0.1, -0.05) is 29.3 Å². The van der Waals surface area contributed by atoms with Crippen molar-refractivity contribution in [2.75, 3.05) is 11.4 Å². The molecule has 1 amide bonds. The van der Waals surface area contributed by atoms with Gasteiger partial charge >= 0.3 is 5.97 Å². The van der Waals surface area contributed by atoms with Gasteiger partial charge in [0.1, 0.15) is 16.6 Å². The van der Waals surface area contributed by atoms with Crippen molar-refractivity contribution in [3.8, 4) is 5.75 Å². The van der Waals surface area contributed by atoms with E-state index < -0.39 is 5.97 Å². The van der Waals surface area contributed by atoms with Gasteiger partial charge in [-0.3, -0.25) is 4.79 Å². The number of amides is 1. The number of esters is 1. The van der Waals surface area contributed by atoms with E-state index in [4.69, 9.17) is 27.9 Å². The maximum Gasteiger partial charge on any atom is 0.360 e. The molecule has 0 aliphatic carbocycles. The summed E-state index contributed by atoms with van der Waals surface area (Å²) in [5, 5.41) is 0.440. The molecule has 5 nitrogen and oxygen atoms in total. The molecule has 1 saturated heterocycles. The van der Waals surface area contributed by atoms with Crippen LogP contribution >= 0.6 is 23.2 Å². The Kier molecular flexibility index (Phi) is 4.09. The molecule has 2 heterocycles. The number of H-pyrrole nitrogens is 1. The summed E-state index contributed by atoms with van der Waals surface area (Å²) >= 11 is 11.6. The molecule has 1 aromatic carbocycles. The number of hydrogen-bond donors (Lipinski definition) is 1. The van der Waals surface area contributed by atoms with E-state index in [9.17, 15) is 9.59 Å². The van der Waals surface area contributed by atoms with Crippen LogP contribution in [0.25, 0.3) is 0 Å². The predicted molar refractivity (Wildman–Crippen MR) is 83.8 cm³/mol. The van der Waals surface area contributed by atoms with Crippen molar-refractivity contribution in [2.24, 2.45) is 0 Å². The maximum absolute atomic E-state index is 12.0. The summed E-state index contributed by atoms with van der Waals surface area (Å²) < 4.78 is 5.28. The zero-order valence-electron chi connectivity index (χ0n) is 11.4. The third kappa shape index (κ3) is 2.96. The Bertz CT molecular complexity index is 723. The third-order valence-corrected chi connectivity index (χ3v) is 4.05. The number of aromatic amines is 1. The molecular formula is C15H12Cl2N2O3. The van der Waals surface area contributed by atoms with Crippen LogP contribution in [0.5, 0.6) is 5.75 Å². The Labute approximate surface area is 136 Å². The highest BCUT2D eigenvalue weighted by atomic mass is 35.5. The van der Waals surface area contributed by atoms with Gasteiger partial charge in [-0.25, -0.2) is 4.79 Å². The number of aromatic nitrogens is 1. The second kappa shape index (κ2) is 6.02. The molecule has 0 bridgehead atoms. The highest BCUT2D eigenvalue weighted by Gasteiger charge is 2.22. The average molecular weight is 339 g/mol. The summed E-state index contributed by atoms with van der Waals surface area (Å²) in [5.74, 6) is -0.172. The lowest BCUT2D eigenvalue weighted by molar-refractivity contribution is -0.117. The van der Waals surface area contributed by atoms with E-state index in [1.54, 1.807) is 23.1 Å². The monoisotopic (exact) mass is 338 g/mol. The van der Waals surface area contributed by atoms with Crippen LogP contribution in [0.2, 0.25) is 10.2 Å². The zero-order chi connectivity index (χ0) is 15.7. The maximum atomic E-state index is 12.0. The van der Waals surface area contributed by atoms with Crippen LogP contribution in [0.1, 0.15) is 23.3 Å². The van der Waals surface area contributed by atoms with Gasteiger partial charge in [0.05, 0.1) is 5.02 Å². The van der Waals surface area contributed by atoms with Crippen molar-refractivity contribution in [2.45, 2.75) is 12.8 Å². The lowest BCUT2D eigenvalue weighted by Crippen LogP contribution is -2.23. The molecule has 3 rings (SSSR count). The largest absolute Gasteiger partial charge is 0.422 e. The Hall–Kier alpha value is -1.98. The van der Waals surface area contributed by atoms with Crippen LogP contribution < -0.4 is 9.64 Å². The van der Waals surface area contributed by atoms with Gasteiger partial charge in [-0.2, -0.15) is 0 Å². The van der Waals surface area contributed by atoms with Crippen molar-refractivity contribution in [3.63, 3.8) is 0 Å². The molecule has 1 fully saturated rings. The Morgan fingerprint density at radius 3 is 2.73 bits per heavy atom. The minimum Gasteiger partial charge on any atom is -0.422 e. The fourth-order valence-electron chi connectivity index (χ4n) is 2.31. The van der Waals surface area contributed by atoms with Crippen LogP contribution in [-0.4, -0.2) is 23.4 Å². The first-order valence-electron chi connectivity index (χ1n) is 6.71. The molecule has 0 atom stereocenters. The van der Waals surface area contributed by atoms with Gasteiger partial charge in [0.2, 0.25) is 5.91 Å². The number of nitrogens with one attached hydrogen (secondary N) is 1. The highest BCUT2D eigenvalue weighted by molar-refractivity contribution is 6.41. The Balaban J connectivity index is 1.78. The SMILES string of the molecule is O=C(Oc1cccc(N2CCCC2=O)c1)c1cc(Cl)c(Cl)[nH]1. The highest BCUT2D eigenvalue weighted by Crippen LogP contribution is 2.27. The molecule has 1 N–H and O–H groups in total. The molecule has 0 saturated carbocycles. The Morgan fingerprint density at radius 2 is 2.09 bits per heavy atom. The van der Waals surface area contributed by atoms with Crippen molar-refractivity contribution >= 4 is 40.8 Å². The molecule has 22 heavy (non-hydrogen) atoms. The van der Waals surface area contributed by atoms with Crippen LogP contribution in [0.15, 0.2) is 30.3 Å². The predicted octanol–water partition coefficient (Wildman–Crippen LogP) is 3.67. The second-order valence-electron chi connectivity index (χ2n) is 4.88. The first-order valence-corrected chi connectivity index (χ1v) is 7.47. The first kappa shape index (κ1) is 14.9. The minimum atomic E-state index is -0.598. The average Bonchev–Trinajstić information content (AvgIpc) is 3.06. The summed E-state index contributed by atoms with van der Waals surface area (Å²) in [6.07, 6.45) is 1.38. The number of carbonyl (C=O) groups is 2. The number of hydrogen-bond acceptors (Lipinski definition) is 3. The van der Waals surface area contributed by atoms with Crippen molar-refractivity contribution in [3.05, 3.63) is 46.2 Å². The number of carbonyl (C=O) groups excluding carboxylic acids is 2. The van der Waals surface area contributed by atoms with Crippen LogP contribution in [-0.2, 0) is 4.79 Å². The normalized spacial score (nSPS) is 14.5. The molecule has 1 aromatic heterocycles. The molecule has 0 spiro atoms. The number of halogens is 2. The molecule has 1 aliphatic heterocycles. The summed E-state index contributed by atoms with van der Waals surface area (Å²) in [5.41, 5.74) is 0.882. The third-order valence-electron chi connectivity index (χ3n) is 3.36. The van der Waals surface area contributed by atoms with Crippen molar-refractivity contribution in [1.82, 2.24) is 4.98 Å². The number of benzene rings is 1. The fourth-order valence-corrected chi connectivity index (χ4v) is 2.62. The number of nitrogens with zero attached hydrogens (tertiary/aromatic N) is 1. The van der Waals surface area contributed by atoms with Gasteiger partial charge in [0.25, 0.3) is 0 Å². The molecular weight excluding hydrogens is 327 g/mol. The molecule has 0 unspecified atom stereocenters. The topological polar surface area (TPSA) is 62.4 Å². The van der Waals surface area contributed by atoms with Crippen LogP contribution in [0.3, 0.4) is 0 Å². The van der Waals surface area contributed by atoms with Crippen molar-refractivity contribution in [1.29, 1.82) is 0 Å². The summed E-state index contributed by atoms with van der Waals surface area (Å²) in [6.45, 7) is 0.679. The standard InChI is InChI=1S/C15H12Cl2N2O3/c16-11-8-12(18-14(11)17)15(21)22-10-4-1-3-9(7-10)19-6-2-5-13(19)20/h1,3-4,7-8,18H,2,5-6H2. The van der Waals surface area contributed by atoms with Crippen LogP contribution in [0.4, 0.5) is 5.69 Å². The number of ether oxygens (including phenoxy) is 1. The van der Waals surface area contributed by atoms with E-state index in [-0.39, 0.29) is 21.8 Å². The zero-order valence-corrected chi connectivity index (χ0v) is 12.9. The van der Waals surface area contributed by atoms with Gasteiger partial charge in [0.15, 0.2) is 0 Å². The molecule has 7 heteroatoms. The van der Waals surface area contributed by atoms with Gasteiger partial charge in [-0.05, 0) is 24.6 Å². The molecule has 2 aromatic rings. The number of anilines is 1. The van der Waals surface area contributed by atoms with Gasteiger partial charge < -0.3 is 14.6 Å². The summed E-state index contributed by atoms with van der Waals surface area (Å²) in [6, 6.07) is 8.25. The summed E-state index contributed by atoms with van der Waals surface area (Å²) in [4.78, 5) is 28.1. The Morgan fingerprint density at radius 1 is 1.27 bits per heavy atom. The number of rotatable bonds is 3.